The molecule has 2 heterocycles. The van der Waals surface area contributed by atoms with E-state index in [9.17, 15) is 4.79 Å². The minimum Gasteiger partial charge on any atom is -0.477 e. The number of fused-ring (bicyclic) bond motifs is 1. The molecule has 0 aliphatic heterocycles. The van der Waals surface area contributed by atoms with Crippen LogP contribution < -0.4 is 10.1 Å². The van der Waals surface area contributed by atoms with Gasteiger partial charge in [-0.15, -0.1) is 0 Å². The van der Waals surface area contributed by atoms with Crippen molar-refractivity contribution in [2.45, 2.75) is 19.8 Å². The van der Waals surface area contributed by atoms with Crippen LogP contribution in [-0.4, -0.2) is 34.0 Å². The summed E-state index contributed by atoms with van der Waals surface area (Å²) in [5.41, 5.74) is 2.46. The maximum Gasteiger partial charge on any atom is 0.256 e. The van der Waals surface area contributed by atoms with E-state index in [0.717, 1.165) is 29.7 Å². The normalized spacial score (nSPS) is 10.7. The summed E-state index contributed by atoms with van der Waals surface area (Å²) in [6, 6.07) is 11.4. The maximum absolute atomic E-state index is 12.2. The first kappa shape index (κ1) is 16.0. The fraction of sp³-hybridized carbons (Fsp3) is 0.278. The third kappa shape index (κ3) is 3.71. The molecule has 0 saturated carbocycles. The Labute approximate surface area is 140 Å². The number of carbonyl (C=O) groups is 1. The van der Waals surface area contributed by atoms with Gasteiger partial charge in [0.1, 0.15) is 11.4 Å². The molecule has 0 aliphatic carbocycles. The van der Waals surface area contributed by atoms with Crippen LogP contribution in [0.5, 0.6) is 5.88 Å². The molecule has 0 saturated heterocycles. The molecule has 24 heavy (non-hydrogen) atoms. The van der Waals surface area contributed by atoms with Crippen molar-refractivity contribution in [3.63, 3.8) is 0 Å². The average Bonchev–Trinajstić information content (AvgIpc) is 3.02. The van der Waals surface area contributed by atoms with Gasteiger partial charge in [0.05, 0.1) is 17.6 Å². The van der Waals surface area contributed by atoms with Gasteiger partial charge in [0, 0.05) is 19.2 Å². The van der Waals surface area contributed by atoms with Gasteiger partial charge in [-0.25, -0.2) is 9.97 Å². The van der Waals surface area contributed by atoms with E-state index in [1.165, 1.54) is 0 Å². The van der Waals surface area contributed by atoms with Crippen LogP contribution in [0.3, 0.4) is 0 Å². The van der Waals surface area contributed by atoms with Crippen LogP contribution in [0.15, 0.2) is 42.6 Å². The van der Waals surface area contributed by atoms with Gasteiger partial charge >= 0.3 is 0 Å². The molecular formula is C18H20N4O2. The van der Waals surface area contributed by atoms with E-state index >= 15 is 0 Å². The standard InChI is InChI=1S/C18H20N4O2/c1-2-24-18-13(7-5-12-20-18)17(23)19-11-6-10-16-21-14-8-3-4-9-15(14)22-16/h3-5,7-9,12H,2,6,10-11H2,1H3,(H,19,23)(H,21,22). The number of carbonyl (C=O) groups excluding carboxylic acids is 1. The van der Waals surface area contributed by atoms with E-state index in [1.54, 1.807) is 18.3 Å². The first-order chi connectivity index (χ1) is 11.8. The summed E-state index contributed by atoms with van der Waals surface area (Å²) in [6.45, 7) is 2.91. The molecule has 1 amide bonds. The van der Waals surface area contributed by atoms with Gasteiger partial charge in [0.25, 0.3) is 5.91 Å². The number of hydrogen-bond donors (Lipinski definition) is 2. The van der Waals surface area contributed by atoms with Crippen LogP contribution in [0.2, 0.25) is 0 Å². The zero-order valence-corrected chi connectivity index (χ0v) is 13.6. The largest absolute Gasteiger partial charge is 0.477 e. The molecule has 6 nitrogen and oxygen atoms in total. The highest BCUT2D eigenvalue weighted by molar-refractivity contribution is 5.96. The molecule has 0 aliphatic rings. The van der Waals surface area contributed by atoms with Crippen molar-refractivity contribution in [3.8, 4) is 5.88 Å². The number of benzene rings is 1. The Hall–Kier alpha value is -2.89. The van der Waals surface area contributed by atoms with E-state index in [-0.39, 0.29) is 5.91 Å². The smallest absolute Gasteiger partial charge is 0.256 e. The predicted octanol–water partition coefficient (Wildman–Crippen LogP) is 2.72. The molecule has 3 aromatic rings. The molecule has 0 spiro atoms. The van der Waals surface area contributed by atoms with Gasteiger partial charge in [0.2, 0.25) is 5.88 Å². The van der Waals surface area contributed by atoms with Crippen LogP contribution in [0.25, 0.3) is 11.0 Å². The molecule has 0 fully saturated rings. The highest BCUT2D eigenvalue weighted by Gasteiger charge is 2.12. The van der Waals surface area contributed by atoms with Gasteiger partial charge in [0.15, 0.2) is 0 Å². The summed E-state index contributed by atoms with van der Waals surface area (Å²) in [6.07, 6.45) is 3.19. The van der Waals surface area contributed by atoms with Crippen molar-refractivity contribution in [2.24, 2.45) is 0 Å². The fourth-order valence-corrected chi connectivity index (χ4v) is 2.49. The Bertz CT molecular complexity index is 796. The highest BCUT2D eigenvalue weighted by Crippen LogP contribution is 2.14. The molecule has 124 valence electrons. The molecule has 0 bridgehead atoms. The Balaban J connectivity index is 1.52. The number of nitrogens with zero attached hydrogens (tertiary/aromatic N) is 2. The number of H-pyrrole nitrogens is 1. The summed E-state index contributed by atoms with van der Waals surface area (Å²) in [5.74, 6) is 1.13. The molecule has 1 aromatic carbocycles. The topological polar surface area (TPSA) is 79.9 Å². The van der Waals surface area contributed by atoms with Gasteiger partial charge < -0.3 is 15.0 Å². The van der Waals surface area contributed by atoms with Crippen molar-refractivity contribution in [1.29, 1.82) is 0 Å². The molecule has 0 unspecified atom stereocenters. The lowest BCUT2D eigenvalue weighted by molar-refractivity contribution is 0.0948. The Kier molecular flexibility index (Phi) is 5.05. The second kappa shape index (κ2) is 7.59. The van der Waals surface area contributed by atoms with Gasteiger partial charge in [-0.05, 0) is 37.6 Å². The Morgan fingerprint density at radius 1 is 1.25 bits per heavy atom. The van der Waals surface area contributed by atoms with Crippen molar-refractivity contribution in [3.05, 3.63) is 54.0 Å². The van der Waals surface area contributed by atoms with Crippen molar-refractivity contribution in [2.75, 3.05) is 13.2 Å². The number of imidazole rings is 1. The van der Waals surface area contributed by atoms with Crippen LogP contribution in [-0.2, 0) is 6.42 Å². The Morgan fingerprint density at radius 2 is 2.12 bits per heavy atom. The van der Waals surface area contributed by atoms with E-state index in [4.69, 9.17) is 4.74 Å². The first-order valence-electron chi connectivity index (χ1n) is 8.07. The van der Waals surface area contributed by atoms with Gasteiger partial charge in [-0.1, -0.05) is 12.1 Å². The number of aromatic nitrogens is 3. The number of aryl methyl sites for hydroxylation is 1. The SMILES string of the molecule is CCOc1ncccc1C(=O)NCCCc1nc2ccccc2[nH]1. The first-order valence-corrected chi connectivity index (χ1v) is 8.07. The molecule has 2 N–H and O–H groups in total. The van der Waals surface area contributed by atoms with E-state index in [0.29, 0.717) is 24.6 Å². The van der Waals surface area contributed by atoms with E-state index in [1.807, 2.05) is 31.2 Å². The minimum absolute atomic E-state index is 0.170. The lowest BCUT2D eigenvalue weighted by Crippen LogP contribution is -2.25. The van der Waals surface area contributed by atoms with Crippen LogP contribution >= 0.6 is 0 Å². The summed E-state index contributed by atoms with van der Waals surface area (Å²) >= 11 is 0. The van der Waals surface area contributed by atoms with Crippen LogP contribution in [0.4, 0.5) is 0 Å². The molecule has 0 radical (unpaired) electrons. The molecule has 0 atom stereocenters. The number of hydrogen-bond acceptors (Lipinski definition) is 4. The summed E-state index contributed by atoms with van der Waals surface area (Å²) in [4.78, 5) is 24.1. The van der Waals surface area contributed by atoms with Gasteiger partial charge in [-0.2, -0.15) is 0 Å². The van der Waals surface area contributed by atoms with Gasteiger partial charge in [-0.3, -0.25) is 4.79 Å². The van der Waals surface area contributed by atoms with Crippen molar-refractivity contribution >= 4 is 16.9 Å². The Morgan fingerprint density at radius 3 is 2.96 bits per heavy atom. The third-order valence-corrected chi connectivity index (χ3v) is 3.61. The second-order valence-electron chi connectivity index (χ2n) is 5.35. The number of pyridine rings is 1. The number of para-hydroxylation sites is 2. The monoisotopic (exact) mass is 324 g/mol. The van der Waals surface area contributed by atoms with Crippen LogP contribution in [0.1, 0.15) is 29.5 Å². The van der Waals surface area contributed by atoms with E-state index in [2.05, 4.69) is 20.3 Å². The van der Waals surface area contributed by atoms with Crippen LogP contribution in [0, 0.1) is 0 Å². The molecule has 2 aromatic heterocycles. The quantitative estimate of drug-likeness (QED) is 0.655. The fourth-order valence-electron chi connectivity index (χ4n) is 2.49. The van der Waals surface area contributed by atoms with Crippen molar-refractivity contribution in [1.82, 2.24) is 20.3 Å². The number of ether oxygens (including phenoxy) is 1. The maximum atomic E-state index is 12.2. The molecule has 3 rings (SSSR count). The number of rotatable bonds is 7. The number of nitrogens with one attached hydrogen (secondary N) is 2. The summed E-state index contributed by atoms with van der Waals surface area (Å²) in [7, 11) is 0. The highest BCUT2D eigenvalue weighted by atomic mass is 16.5. The second-order valence-corrected chi connectivity index (χ2v) is 5.35. The molecule has 6 heteroatoms. The zero-order chi connectivity index (χ0) is 16.8. The lowest BCUT2D eigenvalue weighted by Gasteiger charge is -2.09. The third-order valence-electron chi connectivity index (χ3n) is 3.61. The zero-order valence-electron chi connectivity index (χ0n) is 13.6. The number of amides is 1. The minimum atomic E-state index is -0.170. The summed E-state index contributed by atoms with van der Waals surface area (Å²) in [5, 5.41) is 2.90. The predicted molar refractivity (Wildman–Crippen MR) is 92.2 cm³/mol. The molecular weight excluding hydrogens is 304 g/mol. The van der Waals surface area contributed by atoms with Crippen molar-refractivity contribution < 1.29 is 9.53 Å². The van der Waals surface area contributed by atoms with E-state index < -0.39 is 0 Å². The lowest BCUT2D eigenvalue weighted by atomic mass is 10.2. The average molecular weight is 324 g/mol. The number of aromatic amines is 1. The summed E-state index contributed by atoms with van der Waals surface area (Å²) < 4.78 is 5.38.